The summed E-state index contributed by atoms with van der Waals surface area (Å²) < 4.78 is 0. The molecule has 0 fully saturated rings. The van der Waals surface area contributed by atoms with Crippen molar-refractivity contribution in [3.63, 3.8) is 0 Å². The lowest BCUT2D eigenvalue weighted by molar-refractivity contribution is 0.398. The third-order valence-electron chi connectivity index (χ3n) is 3.70. The van der Waals surface area contributed by atoms with Crippen LogP contribution >= 0.6 is 0 Å². The van der Waals surface area contributed by atoms with Crippen molar-refractivity contribution < 1.29 is 0 Å². The molecule has 0 bridgehead atoms. The summed E-state index contributed by atoms with van der Waals surface area (Å²) in [6.07, 6.45) is 2.54. The minimum absolute atomic E-state index is 0.610. The van der Waals surface area contributed by atoms with Crippen molar-refractivity contribution in [3.05, 3.63) is 29.8 Å². The highest BCUT2D eigenvalue weighted by Crippen LogP contribution is 2.39. The lowest BCUT2D eigenvalue weighted by atomic mass is 9.78. The Morgan fingerprint density at radius 1 is 1.40 bits per heavy atom. The topological polar surface area (TPSA) is 12.0 Å². The van der Waals surface area contributed by atoms with Gasteiger partial charge in [-0.05, 0) is 36.8 Å². The number of benzene rings is 1. The summed E-state index contributed by atoms with van der Waals surface area (Å²) in [5.41, 5.74) is 2.87. The maximum atomic E-state index is 3.57. The molecule has 0 aromatic heterocycles. The van der Waals surface area contributed by atoms with Crippen LogP contribution in [-0.4, -0.2) is 6.04 Å². The van der Waals surface area contributed by atoms with E-state index < -0.39 is 0 Å². The van der Waals surface area contributed by atoms with Gasteiger partial charge in [0.1, 0.15) is 0 Å². The SMILES string of the molecule is CCC(C)C1CC(C)Nc2ccccc21. The molecule has 0 saturated heterocycles. The maximum Gasteiger partial charge on any atom is 0.0377 e. The number of fused-ring (bicyclic) bond motifs is 1. The largest absolute Gasteiger partial charge is 0.382 e. The van der Waals surface area contributed by atoms with Crippen LogP contribution in [0.5, 0.6) is 0 Å². The van der Waals surface area contributed by atoms with Gasteiger partial charge in [0.05, 0.1) is 0 Å². The van der Waals surface area contributed by atoms with Crippen LogP contribution in [0.25, 0.3) is 0 Å². The molecule has 1 aromatic carbocycles. The number of nitrogens with one attached hydrogen (secondary N) is 1. The first kappa shape index (κ1) is 10.5. The van der Waals surface area contributed by atoms with E-state index in [1.54, 1.807) is 0 Å². The zero-order chi connectivity index (χ0) is 10.8. The highest BCUT2D eigenvalue weighted by atomic mass is 14.9. The molecule has 0 spiro atoms. The van der Waals surface area contributed by atoms with Gasteiger partial charge in [-0.15, -0.1) is 0 Å². The van der Waals surface area contributed by atoms with Crippen LogP contribution in [0, 0.1) is 5.92 Å². The van der Waals surface area contributed by atoms with E-state index in [0.717, 1.165) is 11.8 Å². The van der Waals surface area contributed by atoms with E-state index in [4.69, 9.17) is 0 Å². The molecule has 1 N–H and O–H groups in total. The van der Waals surface area contributed by atoms with Crippen molar-refractivity contribution >= 4 is 5.69 Å². The molecule has 1 aliphatic heterocycles. The standard InChI is InChI=1S/C14H21N/c1-4-10(2)13-9-11(3)15-14-8-6-5-7-12(13)14/h5-8,10-11,13,15H,4,9H2,1-3H3. The first-order valence-electron chi connectivity index (χ1n) is 6.07. The van der Waals surface area contributed by atoms with Crippen molar-refractivity contribution in [1.82, 2.24) is 0 Å². The molecule has 1 heterocycles. The third kappa shape index (κ3) is 2.01. The first-order valence-corrected chi connectivity index (χ1v) is 6.07. The average Bonchev–Trinajstić information content (AvgIpc) is 2.26. The van der Waals surface area contributed by atoms with E-state index in [0.29, 0.717) is 6.04 Å². The second kappa shape index (κ2) is 4.26. The summed E-state index contributed by atoms with van der Waals surface area (Å²) in [7, 11) is 0. The number of hydrogen-bond donors (Lipinski definition) is 1. The molecule has 82 valence electrons. The van der Waals surface area contributed by atoms with Crippen LogP contribution in [0.3, 0.4) is 0 Å². The molecule has 0 radical (unpaired) electrons. The Labute approximate surface area is 92.9 Å². The van der Waals surface area contributed by atoms with Crippen molar-refractivity contribution in [2.24, 2.45) is 5.92 Å². The first-order chi connectivity index (χ1) is 7.22. The van der Waals surface area contributed by atoms with Gasteiger partial charge in [0.25, 0.3) is 0 Å². The number of hydrogen-bond acceptors (Lipinski definition) is 1. The fourth-order valence-corrected chi connectivity index (χ4v) is 2.61. The fraction of sp³-hybridized carbons (Fsp3) is 0.571. The summed E-state index contributed by atoms with van der Waals surface area (Å²) >= 11 is 0. The van der Waals surface area contributed by atoms with Crippen LogP contribution in [0.1, 0.15) is 45.1 Å². The Bertz CT molecular complexity index is 332. The Kier molecular flexibility index (Phi) is 2.99. The van der Waals surface area contributed by atoms with Gasteiger partial charge in [-0.2, -0.15) is 0 Å². The second-order valence-corrected chi connectivity index (χ2v) is 4.86. The van der Waals surface area contributed by atoms with Crippen molar-refractivity contribution in [2.75, 3.05) is 5.32 Å². The normalized spacial score (nSPS) is 26.6. The lowest BCUT2D eigenvalue weighted by Crippen LogP contribution is -2.28. The molecule has 2 rings (SSSR count). The molecule has 3 unspecified atom stereocenters. The van der Waals surface area contributed by atoms with E-state index >= 15 is 0 Å². The molecule has 0 aliphatic carbocycles. The summed E-state index contributed by atoms with van der Waals surface area (Å²) in [5.74, 6) is 1.53. The van der Waals surface area contributed by atoms with E-state index in [1.165, 1.54) is 24.1 Å². The van der Waals surface area contributed by atoms with E-state index in [-0.39, 0.29) is 0 Å². The molecule has 0 saturated carbocycles. The van der Waals surface area contributed by atoms with Gasteiger partial charge < -0.3 is 5.32 Å². The molecule has 3 atom stereocenters. The van der Waals surface area contributed by atoms with E-state index in [1.807, 2.05) is 0 Å². The average molecular weight is 203 g/mol. The molecule has 1 aromatic rings. The molecular weight excluding hydrogens is 182 g/mol. The summed E-state index contributed by atoms with van der Waals surface area (Å²) in [6, 6.07) is 9.38. The molecule has 0 amide bonds. The van der Waals surface area contributed by atoms with E-state index in [9.17, 15) is 0 Å². The highest BCUT2D eigenvalue weighted by molar-refractivity contribution is 5.55. The van der Waals surface area contributed by atoms with Crippen molar-refractivity contribution in [1.29, 1.82) is 0 Å². The second-order valence-electron chi connectivity index (χ2n) is 4.86. The Balaban J connectivity index is 2.34. The zero-order valence-corrected chi connectivity index (χ0v) is 9.96. The third-order valence-corrected chi connectivity index (χ3v) is 3.70. The quantitative estimate of drug-likeness (QED) is 0.765. The monoisotopic (exact) mass is 203 g/mol. The summed E-state index contributed by atoms with van der Waals surface area (Å²) in [4.78, 5) is 0. The Hall–Kier alpha value is -0.980. The molecular formula is C14H21N. The van der Waals surface area contributed by atoms with Crippen molar-refractivity contribution in [2.45, 2.75) is 45.6 Å². The number of rotatable bonds is 2. The van der Waals surface area contributed by atoms with Crippen LogP contribution in [0.2, 0.25) is 0 Å². The van der Waals surface area contributed by atoms with Gasteiger partial charge in [-0.25, -0.2) is 0 Å². The molecule has 1 nitrogen and oxygen atoms in total. The van der Waals surface area contributed by atoms with Gasteiger partial charge >= 0.3 is 0 Å². The van der Waals surface area contributed by atoms with Gasteiger partial charge in [-0.1, -0.05) is 38.5 Å². The number of para-hydroxylation sites is 1. The summed E-state index contributed by atoms with van der Waals surface area (Å²) in [6.45, 7) is 6.95. The summed E-state index contributed by atoms with van der Waals surface area (Å²) in [5, 5.41) is 3.57. The molecule has 15 heavy (non-hydrogen) atoms. The number of anilines is 1. The van der Waals surface area contributed by atoms with Crippen LogP contribution < -0.4 is 5.32 Å². The van der Waals surface area contributed by atoms with Gasteiger partial charge in [-0.3, -0.25) is 0 Å². The van der Waals surface area contributed by atoms with E-state index in [2.05, 4.69) is 50.4 Å². The van der Waals surface area contributed by atoms with Crippen molar-refractivity contribution in [3.8, 4) is 0 Å². The molecule has 1 heteroatoms. The Morgan fingerprint density at radius 3 is 2.87 bits per heavy atom. The van der Waals surface area contributed by atoms with Gasteiger partial charge in [0, 0.05) is 11.7 Å². The zero-order valence-electron chi connectivity index (χ0n) is 9.96. The minimum atomic E-state index is 0.610. The minimum Gasteiger partial charge on any atom is -0.382 e. The lowest BCUT2D eigenvalue weighted by Gasteiger charge is -2.34. The highest BCUT2D eigenvalue weighted by Gasteiger charge is 2.26. The molecule has 1 aliphatic rings. The fourth-order valence-electron chi connectivity index (χ4n) is 2.61. The smallest absolute Gasteiger partial charge is 0.0377 e. The predicted octanol–water partition coefficient (Wildman–Crippen LogP) is 4.02. The van der Waals surface area contributed by atoms with Crippen LogP contribution in [0.15, 0.2) is 24.3 Å². The van der Waals surface area contributed by atoms with Gasteiger partial charge in [0.2, 0.25) is 0 Å². The van der Waals surface area contributed by atoms with Gasteiger partial charge in [0.15, 0.2) is 0 Å². The predicted molar refractivity (Wildman–Crippen MR) is 66.3 cm³/mol. The Morgan fingerprint density at radius 2 is 2.13 bits per heavy atom. The van der Waals surface area contributed by atoms with Crippen LogP contribution in [-0.2, 0) is 0 Å². The maximum absolute atomic E-state index is 3.57. The van der Waals surface area contributed by atoms with Crippen LogP contribution in [0.4, 0.5) is 5.69 Å².